The molecule has 74 valence electrons. The molecule has 0 aliphatic carbocycles. The normalized spacial score (nSPS) is 19.3. The Labute approximate surface area is 82.1 Å². The third-order valence-corrected chi connectivity index (χ3v) is 2.29. The largest absolute Gasteiger partial charge is 0.491 e. The fourth-order valence-electron chi connectivity index (χ4n) is 1.62. The molecule has 0 bridgehead atoms. The summed E-state index contributed by atoms with van der Waals surface area (Å²) in [6, 6.07) is 5.61. The molecule has 0 spiro atoms. The van der Waals surface area contributed by atoms with Gasteiger partial charge in [-0.25, -0.2) is 0 Å². The molecule has 0 aromatic heterocycles. The maximum absolute atomic E-state index is 10.3. The molecule has 4 nitrogen and oxygen atoms in total. The lowest BCUT2D eigenvalue weighted by Gasteiger charge is -2.24. The second-order valence-corrected chi connectivity index (χ2v) is 3.36. The van der Waals surface area contributed by atoms with Gasteiger partial charge in [-0.1, -0.05) is 0 Å². The topological polar surface area (TPSA) is 64.3 Å². The van der Waals surface area contributed by atoms with Crippen LogP contribution in [0.25, 0.3) is 0 Å². The Kier molecular flexibility index (Phi) is 2.26. The Morgan fingerprint density at radius 3 is 3.21 bits per heavy atom. The van der Waals surface area contributed by atoms with E-state index >= 15 is 0 Å². The molecule has 0 saturated heterocycles. The number of nitrogen functional groups attached to an aromatic ring is 1. The summed E-state index contributed by atoms with van der Waals surface area (Å²) in [5, 5.41) is 2.70. The van der Waals surface area contributed by atoms with E-state index in [9.17, 15) is 4.79 Å². The van der Waals surface area contributed by atoms with Crippen LogP contribution < -0.4 is 15.8 Å². The third-order valence-electron chi connectivity index (χ3n) is 2.29. The van der Waals surface area contributed by atoms with Crippen LogP contribution >= 0.6 is 0 Å². The van der Waals surface area contributed by atoms with Gasteiger partial charge in [0, 0.05) is 5.69 Å². The maximum atomic E-state index is 10.3. The number of fused-ring (bicyclic) bond motifs is 1. The van der Waals surface area contributed by atoms with Crippen LogP contribution in [0.3, 0.4) is 0 Å². The van der Waals surface area contributed by atoms with Crippen molar-refractivity contribution in [3.63, 3.8) is 0 Å². The predicted octanol–water partition coefficient (Wildman–Crippen LogP) is 0.318. The van der Waals surface area contributed by atoms with Crippen LogP contribution in [0.1, 0.15) is 5.56 Å². The van der Waals surface area contributed by atoms with E-state index in [1.807, 2.05) is 18.2 Å². The number of carbonyl (C=O) groups is 1. The Hall–Kier alpha value is -1.71. The van der Waals surface area contributed by atoms with Gasteiger partial charge in [0.15, 0.2) is 0 Å². The molecule has 2 rings (SSSR count). The highest BCUT2D eigenvalue weighted by Gasteiger charge is 2.18. The molecule has 1 aromatic rings. The van der Waals surface area contributed by atoms with Crippen LogP contribution in [-0.2, 0) is 11.2 Å². The molecule has 14 heavy (non-hydrogen) atoms. The molecule has 1 aromatic carbocycles. The summed E-state index contributed by atoms with van der Waals surface area (Å²) >= 11 is 0. The van der Waals surface area contributed by atoms with Crippen molar-refractivity contribution in [3.8, 4) is 5.75 Å². The van der Waals surface area contributed by atoms with Crippen LogP contribution in [0.2, 0.25) is 0 Å². The minimum atomic E-state index is 0.0572. The van der Waals surface area contributed by atoms with E-state index in [4.69, 9.17) is 10.5 Å². The van der Waals surface area contributed by atoms with Crippen LogP contribution in [0.4, 0.5) is 5.69 Å². The summed E-state index contributed by atoms with van der Waals surface area (Å²) in [4.78, 5) is 10.3. The molecular formula is C10H12N2O2. The highest BCUT2D eigenvalue weighted by atomic mass is 16.5. The number of amides is 1. The van der Waals surface area contributed by atoms with Crippen molar-refractivity contribution in [1.29, 1.82) is 0 Å². The van der Waals surface area contributed by atoms with E-state index < -0.39 is 0 Å². The minimum Gasteiger partial charge on any atom is -0.491 e. The Morgan fingerprint density at radius 1 is 1.57 bits per heavy atom. The van der Waals surface area contributed by atoms with E-state index in [0.29, 0.717) is 13.0 Å². The van der Waals surface area contributed by atoms with Gasteiger partial charge in [0.1, 0.15) is 12.4 Å². The van der Waals surface area contributed by atoms with Crippen molar-refractivity contribution >= 4 is 12.1 Å². The van der Waals surface area contributed by atoms with Crippen LogP contribution in [0.5, 0.6) is 5.75 Å². The van der Waals surface area contributed by atoms with Crippen molar-refractivity contribution in [2.75, 3.05) is 12.3 Å². The quantitative estimate of drug-likeness (QED) is 0.524. The van der Waals surface area contributed by atoms with E-state index in [1.165, 1.54) is 0 Å². The Balaban J connectivity index is 2.20. The van der Waals surface area contributed by atoms with E-state index in [2.05, 4.69) is 5.32 Å². The number of nitrogens with one attached hydrogen (secondary N) is 1. The number of ether oxygens (including phenoxy) is 1. The molecule has 1 heterocycles. The fraction of sp³-hybridized carbons (Fsp3) is 0.300. The van der Waals surface area contributed by atoms with Gasteiger partial charge in [-0.2, -0.15) is 0 Å². The highest BCUT2D eigenvalue weighted by Crippen LogP contribution is 2.26. The van der Waals surface area contributed by atoms with Crippen LogP contribution in [-0.4, -0.2) is 19.1 Å². The van der Waals surface area contributed by atoms with E-state index in [-0.39, 0.29) is 6.04 Å². The lowest BCUT2D eigenvalue weighted by molar-refractivity contribution is -0.110. The number of anilines is 1. The standard InChI is InChI=1S/C10H12N2O2/c11-8-1-2-10-7(3-8)4-9(5-14-10)12-6-13/h1-3,6,9H,4-5,11H2,(H,12,13). The van der Waals surface area contributed by atoms with Gasteiger partial charge >= 0.3 is 0 Å². The van der Waals surface area contributed by atoms with Gasteiger partial charge in [0.25, 0.3) is 0 Å². The first-order valence-corrected chi connectivity index (χ1v) is 4.50. The van der Waals surface area contributed by atoms with Gasteiger partial charge in [0.2, 0.25) is 6.41 Å². The highest BCUT2D eigenvalue weighted by molar-refractivity contribution is 5.51. The average Bonchev–Trinajstić information content (AvgIpc) is 2.17. The first-order valence-electron chi connectivity index (χ1n) is 4.50. The molecule has 1 amide bonds. The maximum Gasteiger partial charge on any atom is 0.207 e. The molecule has 1 aliphatic heterocycles. The Bertz CT molecular complexity index is 352. The lowest BCUT2D eigenvalue weighted by Crippen LogP contribution is -2.38. The summed E-state index contributed by atoms with van der Waals surface area (Å²) < 4.78 is 5.47. The minimum absolute atomic E-state index is 0.0572. The molecule has 1 atom stereocenters. The van der Waals surface area contributed by atoms with Crippen molar-refractivity contribution in [3.05, 3.63) is 23.8 Å². The van der Waals surface area contributed by atoms with Crippen molar-refractivity contribution < 1.29 is 9.53 Å². The number of rotatable bonds is 2. The molecule has 1 unspecified atom stereocenters. The zero-order valence-corrected chi connectivity index (χ0v) is 7.69. The number of hydrogen-bond acceptors (Lipinski definition) is 3. The first-order chi connectivity index (χ1) is 6.79. The third kappa shape index (κ3) is 1.64. The van der Waals surface area contributed by atoms with E-state index in [0.717, 1.165) is 23.4 Å². The fourth-order valence-corrected chi connectivity index (χ4v) is 1.62. The lowest BCUT2D eigenvalue weighted by atomic mass is 10.0. The molecule has 0 fully saturated rings. The average molecular weight is 192 g/mol. The molecule has 3 N–H and O–H groups in total. The summed E-state index contributed by atoms with van der Waals surface area (Å²) in [6.07, 6.45) is 1.48. The number of hydrogen-bond donors (Lipinski definition) is 2. The summed E-state index contributed by atoms with van der Waals surface area (Å²) in [5.41, 5.74) is 7.43. The van der Waals surface area contributed by atoms with E-state index in [1.54, 1.807) is 0 Å². The van der Waals surface area contributed by atoms with Crippen LogP contribution in [0, 0.1) is 0 Å². The monoisotopic (exact) mass is 192 g/mol. The Morgan fingerprint density at radius 2 is 2.43 bits per heavy atom. The number of benzene rings is 1. The second kappa shape index (κ2) is 3.57. The van der Waals surface area contributed by atoms with Gasteiger partial charge in [-0.3, -0.25) is 4.79 Å². The molecule has 4 heteroatoms. The van der Waals surface area contributed by atoms with Gasteiger partial charge in [0.05, 0.1) is 6.04 Å². The molecule has 0 radical (unpaired) electrons. The van der Waals surface area contributed by atoms with Gasteiger partial charge < -0.3 is 15.8 Å². The summed E-state index contributed by atoms with van der Waals surface area (Å²) in [5.74, 6) is 0.864. The van der Waals surface area contributed by atoms with Crippen molar-refractivity contribution in [1.82, 2.24) is 5.32 Å². The van der Waals surface area contributed by atoms with Crippen molar-refractivity contribution in [2.24, 2.45) is 0 Å². The summed E-state index contributed by atoms with van der Waals surface area (Å²) in [6.45, 7) is 0.523. The zero-order chi connectivity index (χ0) is 9.97. The molecular weight excluding hydrogens is 180 g/mol. The van der Waals surface area contributed by atoms with Gasteiger partial charge in [-0.15, -0.1) is 0 Å². The predicted molar refractivity (Wildman–Crippen MR) is 53.0 cm³/mol. The SMILES string of the molecule is Nc1ccc2c(c1)CC(NC=O)CO2. The summed E-state index contributed by atoms with van der Waals surface area (Å²) in [7, 11) is 0. The number of nitrogens with two attached hydrogens (primary N) is 1. The molecule has 1 aliphatic rings. The molecule has 0 saturated carbocycles. The van der Waals surface area contributed by atoms with Crippen LogP contribution in [0.15, 0.2) is 18.2 Å². The number of carbonyl (C=O) groups excluding carboxylic acids is 1. The van der Waals surface area contributed by atoms with Crippen molar-refractivity contribution in [2.45, 2.75) is 12.5 Å². The smallest absolute Gasteiger partial charge is 0.207 e. The first kappa shape index (κ1) is 8.87. The zero-order valence-electron chi connectivity index (χ0n) is 7.69. The second-order valence-electron chi connectivity index (χ2n) is 3.36. The van der Waals surface area contributed by atoms with Gasteiger partial charge in [-0.05, 0) is 30.2 Å².